The Labute approximate surface area is 97.0 Å². The van der Waals surface area contributed by atoms with Crippen molar-refractivity contribution in [2.24, 2.45) is 0 Å². The predicted molar refractivity (Wildman–Crippen MR) is 62.5 cm³/mol. The Morgan fingerprint density at radius 2 is 1.93 bits per heavy atom. The molecule has 1 fully saturated rings. The number of nitrogens with one attached hydrogen (secondary N) is 1. The van der Waals surface area contributed by atoms with Gasteiger partial charge in [0.2, 0.25) is 10.0 Å². The normalized spacial score (nSPS) is 21.5. The van der Waals surface area contributed by atoms with Gasteiger partial charge in [0.25, 0.3) is 0 Å². The van der Waals surface area contributed by atoms with Crippen LogP contribution in [0.4, 0.5) is 0 Å². The molecule has 1 saturated heterocycles. The Morgan fingerprint density at radius 3 is 2.47 bits per heavy atom. The first-order chi connectivity index (χ1) is 7.05. The van der Waals surface area contributed by atoms with Gasteiger partial charge in [0.15, 0.2) is 0 Å². The number of alkyl halides is 1. The van der Waals surface area contributed by atoms with Crippen molar-refractivity contribution in [1.29, 1.82) is 0 Å². The van der Waals surface area contributed by atoms with Crippen LogP contribution in [0.15, 0.2) is 0 Å². The maximum Gasteiger partial charge on any atom is 0.225 e. The van der Waals surface area contributed by atoms with E-state index in [1.165, 1.54) is 19.3 Å². The van der Waals surface area contributed by atoms with E-state index in [1.807, 2.05) is 6.92 Å². The van der Waals surface area contributed by atoms with Gasteiger partial charge in [-0.05, 0) is 32.9 Å². The SMILES string of the molecule is CC(CNS(=O)(=O)CCl)N1CCCCC1. The largest absolute Gasteiger partial charge is 0.299 e. The first-order valence-electron chi connectivity index (χ1n) is 5.32. The van der Waals surface area contributed by atoms with Crippen LogP contribution in [0.1, 0.15) is 26.2 Å². The molecular weight excluding hydrogens is 236 g/mol. The second-order valence-corrected chi connectivity index (χ2v) is 6.41. The molecule has 1 atom stereocenters. The first kappa shape index (κ1) is 13.2. The van der Waals surface area contributed by atoms with E-state index >= 15 is 0 Å². The Morgan fingerprint density at radius 1 is 1.33 bits per heavy atom. The van der Waals surface area contributed by atoms with Crippen molar-refractivity contribution in [3.05, 3.63) is 0 Å². The van der Waals surface area contributed by atoms with Gasteiger partial charge in [0.1, 0.15) is 5.21 Å². The summed E-state index contributed by atoms with van der Waals surface area (Å²) in [5.41, 5.74) is 0. The van der Waals surface area contributed by atoms with E-state index in [9.17, 15) is 8.42 Å². The van der Waals surface area contributed by atoms with Crippen LogP contribution in [-0.4, -0.2) is 44.2 Å². The number of halogens is 1. The van der Waals surface area contributed by atoms with Crippen LogP contribution < -0.4 is 4.72 Å². The highest BCUT2D eigenvalue weighted by Gasteiger charge is 2.18. The molecule has 0 spiro atoms. The van der Waals surface area contributed by atoms with Crippen LogP contribution in [0.5, 0.6) is 0 Å². The summed E-state index contributed by atoms with van der Waals surface area (Å²) in [6.07, 6.45) is 3.72. The van der Waals surface area contributed by atoms with E-state index in [0.717, 1.165) is 13.1 Å². The van der Waals surface area contributed by atoms with Crippen LogP contribution >= 0.6 is 11.6 Å². The highest BCUT2D eigenvalue weighted by atomic mass is 35.5. The molecule has 0 aromatic carbocycles. The lowest BCUT2D eigenvalue weighted by Gasteiger charge is -2.32. The zero-order valence-electron chi connectivity index (χ0n) is 9.08. The topological polar surface area (TPSA) is 49.4 Å². The molecule has 1 rings (SSSR count). The molecule has 0 aliphatic carbocycles. The van der Waals surface area contributed by atoms with Gasteiger partial charge in [-0.15, -0.1) is 11.6 Å². The molecule has 90 valence electrons. The standard InChI is InChI=1S/C9H19ClN2O2S/c1-9(7-11-15(13,14)8-10)12-5-3-2-4-6-12/h9,11H,2-8H2,1H3. The summed E-state index contributed by atoms with van der Waals surface area (Å²) >= 11 is 5.30. The molecule has 1 unspecified atom stereocenters. The van der Waals surface area contributed by atoms with E-state index in [2.05, 4.69) is 9.62 Å². The molecule has 6 heteroatoms. The van der Waals surface area contributed by atoms with Crippen LogP contribution in [0.25, 0.3) is 0 Å². The quantitative estimate of drug-likeness (QED) is 0.744. The number of hydrogen-bond donors (Lipinski definition) is 1. The van der Waals surface area contributed by atoms with Crippen molar-refractivity contribution in [1.82, 2.24) is 9.62 Å². The van der Waals surface area contributed by atoms with Crippen LogP contribution in [-0.2, 0) is 10.0 Å². The summed E-state index contributed by atoms with van der Waals surface area (Å²) in [5.74, 6) is 0. The minimum absolute atomic E-state index is 0.253. The van der Waals surface area contributed by atoms with Gasteiger partial charge in [-0.2, -0.15) is 0 Å². The molecule has 15 heavy (non-hydrogen) atoms. The minimum atomic E-state index is -3.26. The van der Waals surface area contributed by atoms with Gasteiger partial charge >= 0.3 is 0 Å². The second kappa shape index (κ2) is 6.03. The van der Waals surface area contributed by atoms with Crippen molar-refractivity contribution in [2.75, 3.05) is 24.8 Å². The van der Waals surface area contributed by atoms with E-state index in [4.69, 9.17) is 11.6 Å². The summed E-state index contributed by atoms with van der Waals surface area (Å²) in [6, 6.07) is 0.253. The molecule has 0 amide bonds. The Hall–Kier alpha value is 0.160. The molecule has 1 aliphatic rings. The summed E-state index contributed by atoms with van der Waals surface area (Å²) in [4.78, 5) is 2.32. The molecule has 4 nitrogen and oxygen atoms in total. The fourth-order valence-corrected chi connectivity index (χ4v) is 2.58. The highest BCUT2D eigenvalue weighted by molar-refractivity contribution is 7.90. The lowest BCUT2D eigenvalue weighted by Crippen LogP contribution is -2.44. The number of nitrogens with zero attached hydrogens (tertiary/aromatic N) is 1. The van der Waals surface area contributed by atoms with Crippen LogP contribution in [0.2, 0.25) is 0 Å². The van der Waals surface area contributed by atoms with Gasteiger partial charge in [0, 0.05) is 12.6 Å². The van der Waals surface area contributed by atoms with E-state index in [1.54, 1.807) is 0 Å². The Kier molecular flexibility index (Phi) is 5.32. The van der Waals surface area contributed by atoms with Crippen LogP contribution in [0, 0.1) is 0 Å². The smallest absolute Gasteiger partial charge is 0.225 e. The van der Waals surface area contributed by atoms with Crippen molar-refractivity contribution in [3.8, 4) is 0 Å². The molecule has 1 heterocycles. The fourth-order valence-electron chi connectivity index (χ4n) is 1.77. The summed E-state index contributed by atoms with van der Waals surface area (Å²) in [7, 11) is -3.26. The molecule has 0 aromatic heterocycles. The minimum Gasteiger partial charge on any atom is -0.299 e. The van der Waals surface area contributed by atoms with Crippen molar-refractivity contribution < 1.29 is 8.42 Å². The third-order valence-electron chi connectivity index (χ3n) is 2.76. The molecular formula is C9H19ClN2O2S. The number of hydrogen-bond acceptors (Lipinski definition) is 3. The van der Waals surface area contributed by atoms with Gasteiger partial charge in [-0.25, -0.2) is 13.1 Å². The third kappa shape index (κ3) is 4.68. The van der Waals surface area contributed by atoms with Crippen molar-refractivity contribution >= 4 is 21.6 Å². The zero-order valence-corrected chi connectivity index (χ0v) is 10.6. The summed E-state index contributed by atoms with van der Waals surface area (Å²) in [5, 5.41) is -0.361. The molecule has 1 aliphatic heterocycles. The summed E-state index contributed by atoms with van der Waals surface area (Å²) < 4.78 is 24.8. The van der Waals surface area contributed by atoms with E-state index in [-0.39, 0.29) is 11.3 Å². The van der Waals surface area contributed by atoms with Gasteiger partial charge in [0.05, 0.1) is 0 Å². The van der Waals surface area contributed by atoms with Crippen molar-refractivity contribution in [3.63, 3.8) is 0 Å². The maximum atomic E-state index is 11.1. The average Bonchev–Trinajstić information content (AvgIpc) is 2.27. The predicted octanol–water partition coefficient (Wildman–Crippen LogP) is 0.976. The molecule has 0 bridgehead atoms. The third-order valence-corrected chi connectivity index (χ3v) is 4.51. The van der Waals surface area contributed by atoms with Gasteiger partial charge in [-0.3, -0.25) is 4.90 Å². The Balaban J connectivity index is 2.31. The number of likely N-dealkylation sites (tertiary alicyclic amines) is 1. The highest BCUT2D eigenvalue weighted by Crippen LogP contribution is 2.11. The molecule has 1 N–H and O–H groups in total. The van der Waals surface area contributed by atoms with E-state index in [0.29, 0.717) is 6.54 Å². The van der Waals surface area contributed by atoms with Gasteiger partial charge in [-0.1, -0.05) is 6.42 Å². The Bertz CT molecular complexity index is 276. The second-order valence-electron chi connectivity index (χ2n) is 4.02. The molecule has 0 radical (unpaired) electrons. The average molecular weight is 255 g/mol. The zero-order chi connectivity index (χ0) is 11.3. The molecule has 0 aromatic rings. The lowest BCUT2D eigenvalue weighted by atomic mass is 10.1. The number of piperidine rings is 1. The van der Waals surface area contributed by atoms with Gasteiger partial charge < -0.3 is 0 Å². The first-order valence-corrected chi connectivity index (χ1v) is 7.51. The number of sulfonamides is 1. The van der Waals surface area contributed by atoms with Crippen LogP contribution in [0.3, 0.4) is 0 Å². The lowest BCUT2D eigenvalue weighted by molar-refractivity contribution is 0.175. The maximum absolute atomic E-state index is 11.1. The summed E-state index contributed by atoms with van der Waals surface area (Å²) in [6.45, 7) is 4.64. The van der Waals surface area contributed by atoms with E-state index < -0.39 is 10.0 Å². The molecule has 0 saturated carbocycles. The monoisotopic (exact) mass is 254 g/mol. The van der Waals surface area contributed by atoms with Crippen molar-refractivity contribution in [2.45, 2.75) is 32.2 Å². The fraction of sp³-hybridized carbons (Fsp3) is 1.00. The number of rotatable bonds is 5.